The normalized spacial score (nSPS) is 8.57. The molecule has 0 unspecified atom stereocenters. The molecule has 0 aliphatic rings. The second-order valence-electron chi connectivity index (χ2n) is 1.97. The van der Waals surface area contributed by atoms with Gasteiger partial charge in [-0.15, -0.1) is 12.4 Å². The average molecular weight is 423 g/mol. The van der Waals surface area contributed by atoms with Gasteiger partial charge in [-0.3, -0.25) is 0 Å². The molecule has 0 aliphatic carbocycles. The number of carbonyl (C=O) groups excluding carboxylic acids is 3. The molecule has 0 saturated carbocycles. The SMILES string of the molecule is CC(=O)[O][Bi]([O]C(C)=O)[O]C(C)=O.Cl. The van der Waals surface area contributed by atoms with Crippen LogP contribution in [0.4, 0.5) is 0 Å². The van der Waals surface area contributed by atoms with Crippen molar-refractivity contribution in [2.75, 3.05) is 0 Å². The zero-order valence-corrected chi connectivity index (χ0v) is 12.1. The Morgan fingerprint density at radius 2 is 1.00 bits per heavy atom. The van der Waals surface area contributed by atoms with Gasteiger partial charge in [0.15, 0.2) is 0 Å². The molecule has 0 aromatic heterocycles. The Balaban J connectivity index is 0. The topological polar surface area (TPSA) is 78.9 Å². The summed E-state index contributed by atoms with van der Waals surface area (Å²) in [6, 6.07) is 0. The Morgan fingerprint density at radius 1 is 0.786 bits per heavy atom. The Morgan fingerprint density at radius 3 is 1.14 bits per heavy atom. The smallest absolute Gasteiger partial charge is 0.147 e. The molecule has 14 heavy (non-hydrogen) atoms. The van der Waals surface area contributed by atoms with E-state index >= 15 is 0 Å². The molecule has 0 radical (unpaired) electrons. The van der Waals surface area contributed by atoms with Crippen molar-refractivity contribution >= 4 is 53.4 Å². The summed E-state index contributed by atoms with van der Waals surface area (Å²) in [6.45, 7) is 3.44. The fraction of sp³-hybridized carbons (Fsp3) is 0.500. The van der Waals surface area contributed by atoms with Crippen molar-refractivity contribution in [1.82, 2.24) is 0 Å². The minimum atomic E-state index is -3.59. The Kier molecular flexibility index (Phi) is 9.09. The largest absolute Gasteiger partial charge is 0.147 e. The van der Waals surface area contributed by atoms with E-state index in [-0.39, 0.29) is 12.4 Å². The summed E-state index contributed by atoms with van der Waals surface area (Å²) in [4.78, 5) is 31.4. The molecular formula is C6H10BiClO6. The van der Waals surface area contributed by atoms with Gasteiger partial charge in [-0.2, -0.15) is 0 Å². The van der Waals surface area contributed by atoms with E-state index in [1.54, 1.807) is 0 Å². The van der Waals surface area contributed by atoms with E-state index in [0.29, 0.717) is 0 Å². The summed E-state index contributed by atoms with van der Waals surface area (Å²) in [5, 5.41) is 0. The van der Waals surface area contributed by atoms with E-state index in [2.05, 4.69) is 8.44 Å². The van der Waals surface area contributed by atoms with Crippen molar-refractivity contribution in [2.24, 2.45) is 0 Å². The van der Waals surface area contributed by atoms with Crippen molar-refractivity contribution < 1.29 is 22.8 Å². The van der Waals surface area contributed by atoms with Gasteiger partial charge in [0.1, 0.15) is 0 Å². The van der Waals surface area contributed by atoms with Gasteiger partial charge in [0, 0.05) is 0 Å². The van der Waals surface area contributed by atoms with E-state index in [1.807, 2.05) is 0 Å². The van der Waals surface area contributed by atoms with E-state index in [9.17, 15) is 14.4 Å². The van der Waals surface area contributed by atoms with Crippen molar-refractivity contribution in [1.29, 1.82) is 0 Å². The number of rotatable bonds is 3. The second kappa shape index (κ2) is 7.94. The molecule has 0 fully saturated rings. The zero-order valence-electron chi connectivity index (χ0n) is 7.80. The quantitative estimate of drug-likeness (QED) is 0.600. The molecule has 0 saturated heterocycles. The maximum atomic E-state index is 10.5. The maximum Gasteiger partial charge on any atom is -0.147 e. The van der Waals surface area contributed by atoms with E-state index < -0.39 is 41.0 Å². The van der Waals surface area contributed by atoms with Crippen molar-refractivity contribution in [3.63, 3.8) is 0 Å². The molecule has 0 atom stereocenters. The third kappa shape index (κ3) is 9.67. The van der Waals surface area contributed by atoms with Crippen LogP contribution in [0.3, 0.4) is 0 Å². The van der Waals surface area contributed by atoms with Crippen LogP contribution in [0, 0.1) is 0 Å². The van der Waals surface area contributed by atoms with Gasteiger partial charge in [-0.1, -0.05) is 0 Å². The summed E-state index contributed by atoms with van der Waals surface area (Å²) in [5.41, 5.74) is 0. The van der Waals surface area contributed by atoms with Crippen LogP contribution >= 0.6 is 12.4 Å². The molecule has 0 spiro atoms. The van der Waals surface area contributed by atoms with Crippen molar-refractivity contribution in [3.8, 4) is 0 Å². The van der Waals surface area contributed by atoms with Crippen molar-refractivity contribution in [2.45, 2.75) is 20.8 Å². The molecule has 0 bridgehead atoms. The number of carbonyl (C=O) groups is 3. The third-order valence-electron chi connectivity index (χ3n) is 0.609. The predicted molar refractivity (Wildman–Crippen MR) is 48.3 cm³/mol. The first kappa shape index (κ1) is 16.0. The van der Waals surface area contributed by atoms with E-state index in [1.165, 1.54) is 0 Å². The second-order valence-corrected chi connectivity index (χ2v) is 5.84. The Bertz CT molecular complexity index is 192. The van der Waals surface area contributed by atoms with Crippen molar-refractivity contribution in [3.05, 3.63) is 0 Å². The van der Waals surface area contributed by atoms with Crippen LogP contribution in [0.15, 0.2) is 0 Å². The summed E-state index contributed by atoms with van der Waals surface area (Å²) in [5.74, 6) is -1.87. The molecule has 0 amide bonds. The molecule has 82 valence electrons. The fourth-order valence-corrected chi connectivity index (χ4v) is 3.25. The van der Waals surface area contributed by atoms with Gasteiger partial charge in [-0.05, 0) is 0 Å². The summed E-state index contributed by atoms with van der Waals surface area (Å²) >= 11 is -3.59. The van der Waals surface area contributed by atoms with Gasteiger partial charge in [0.25, 0.3) is 0 Å². The first-order valence-electron chi connectivity index (χ1n) is 3.27. The average Bonchev–Trinajstić information content (AvgIpc) is 1.80. The molecular weight excluding hydrogens is 412 g/mol. The number of halogens is 1. The van der Waals surface area contributed by atoms with Crippen LogP contribution < -0.4 is 0 Å². The third-order valence-corrected chi connectivity index (χ3v) is 5.35. The van der Waals surface area contributed by atoms with E-state index in [4.69, 9.17) is 0 Å². The zero-order chi connectivity index (χ0) is 10.4. The first-order chi connectivity index (χ1) is 5.91. The number of hydrogen-bond donors (Lipinski definition) is 0. The summed E-state index contributed by atoms with van der Waals surface area (Å²) < 4.78 is 13.7. The van der Waals surface area contributed by atoms with Gasteiger partial charge < -0.3 is 0 Å². The van der Waals surface area contributed by atoms with Crippen LogP contribution in [0.2, 0.25) is 0 Å². The molecule has 0 aromatic rings. The monoisotopic (exact) mass is 422 g/mol. The van der Waals surface area contributed by atoms with Gasteiger partial charge in [0.2, 0.25) is 0 Å². The molecule has 0 rings (SSSR count). The molecule has 0 heterocycles. The van der Waals surface area contributed by atoms with Crippen LogP contribution in [0.5, 0.6) is 0 Å². The summed E-state index contributed by atoms with van der Waals surface area (Å²) in [7, 11) is 0. The van der Waals surface area contributed by atoms with E-state index in [0.717, 1.165) is 20.8 Å². The first-order valence-corrected chi connectivity index (χ1v) is 7.53. The molecule has 0 N–H and O–H groups in total. The predicted octanol–water partition coefficient (Wildman–Crippen LogP) is 0.0824. The van der Waals surface area contributed by atoms with Gasteiger partial charge >= 0.3 is 84.6 Å². The number of hydrogen-bond acceptors (Lipinski definition) is 6. The van der Waals surface area contributed by atoms with Gasteiger partial charge in [0.05, 0.1) is 0 Å². The standard InChI is InChI=1S/3C2H4O2.Bi.ClH/c3*1-2(3)4;;/h3*1H3,(H,3,4);;1H/q;;;+3;/p-3. The van der Waals surface area contributed by atoms with Gasteiger partial charge in [-0.25, -0.2) is 0 Å². The molecule has 6 nitrogen and oxygen atoms in total. The van der Waals surface area contributed by atoms with Crippen LogP contribution in [0.25, 0.3) is 0 Å². The van der Waals surface area contributed by atoms with Crippen LogP contribution in [-0.4, -0.2) is 41.0 Å². The fourth-order valence-electron chi connectivity index (χ4n) is 0.371. The minimum absolute atomic E-state index is 0. The minimum Gasteiger partial charge on any atom is -0.147 e. The molecule has 0 aliphatic heterocycles. The maximum absolute atomic E-state index is 10.5. The van der Waals surface area contributed by atoms with Crippen LogP contribution in [0.1, 0.15) is 20.8 Å². The Labute approximate surface area is 96.8 Å². The molecule has 0 aromatic carbocycles. The Hall–Kier alpha value is -0.417. The summed E-state index contributed by atoms with van der Waals surface area (Å²) in [6.07, 6.45) is 0. The van der Waals surface area contributed by atoms with Crippen LogP contribution in [-0.2, 0) is 22.8 Å². The molecule has 8 heteroatoms.